The third-order valence-electron chi connectivity index (χ3n) is 2.81. The van der Waals surface area contributed by atoms with Crippen molar-refractivity contribution >= 4 is 11.8 Å². The van der Waals surface area contributed by atoms with Gasteiger partial charge in [-0.2, -0.15) is 0 Å². The van der Waals surface area contributed by atoms with E-state index in [9.17, 15) is 9.59 Å². The van der Waals surface area contributed by atoms with Crippen molar-refractivity contribution in [3.05, 3.63) is 35.4 Å². The van der Waals surface area contributed by atoms with Crippen LogP contribution in [0.5, 0.6) is 0 Å². The molecule has 1 heterocycles. The molecular weight excluding hydrogens is 232 g/mol. The van der Waals surface area contributed by atoms with E-state index in [1.807, 2.05) is 12.1 Å². The number of nitrogens with zero attached hydrogens (tertiary/aromatic N) is 1. The lowest BCUT2D eigenvalue weighted by atomic mass is 10.1. The molecule has 1 aromatic carbocycles. The number of ether oxygens (including phenoxy) is 1. The van der Waals surface area contributed by atoms with Crippen molar-refractivity contribution < 1.29 is 14.3 Å². The molecule has 0 aliphatic carbocycles. The maximum absolute atomic E-state index is 12.2. The van der Waals surface area contributed by atoms with Gasteiger partial charge in [0.05, 0.1) is 13.2 Å². The SMILES string of the molecule is COCc1cccc(C(=O)N2CCNC(=O)C2)c1. The van der Waals surface area contributed by atoms with E-state index in [-0.39, 0.29) is 18.4 Å². The minimum absolute atomic E-state index is 0.109. The first kappa shape index (κ1) is 12.6. The molecule has 1 saturated heterocycles. The Morgan fingerprint density at radius 2 is 2.33 bits per heavy atom. The Morgan fingerprint density at radius 1 is 1.50 bits per heavy atom. The van der Waals surface area contributed by atoms with Gasteiger partial charge in [-0.1, -0.05) is 12.1 Å². The number of carbonyl (C=O) groups excluding carboxylic acids is 2. The Labute approximate surface area is 106 Å². The molecule has 2 rings (SSSR count). The van der Waals surface area contributed by atoms with Gasteiger partial charge in [-0.25, -0.2) is 0 Å². The van der Waals surface area contributed by atoms with Gasteiger partial charge in [0.25, 0.3) is 5.91 Å². The molecule has 5 nitrogen and oxygen atoms in total. The van der Waals surface area contributed by atoms with Crippen LogP contribution in [-0.2, 0) is 16.1 Å². The first-order valence-corrected chi connectivity index (χ1v) is 5.84. The highest BCUT2D eigenvalue weighted by Gasteiger charge is 2.22. The molecule has 0 unspecified atom stereocenters. The topological polar surface area (TPSA) is 58.6 Å². The van der Waals surface area contributed by atoms with Gasteiger partial charge in [-0.05, 0) is 17.7 Å². The van der Waals surface area contributed by atoms with E-state index in [1.165, 1.54) is 0 Å². The normalized spacial score (nSPS) is 15.4. The summed E-state index contributed by atoms with van der Waals surface area (Å²) >= 11 is 0. The summed E-state index contributed by atoms with van der Waals surface area (Å²) in [5, 5.41) is 2.70. The maximum atomic E-state index is 12.2. The molecule has 2 amide bonds. The fraction of sp³-hybridized carbons (Fsp3) is 0.385. The average molecular weight is 248 g/mol. The molecule has 18 heavy (non-hydrogen) atoms. The van der Waals surface area contributed by atoms with Crippen molar-refractivity contribution in [2.75, 3.05) is 26.7 Å². The molecule has 96 valence electrons. The molecule has 0 atom stereocenters. The molecular formula is C13H16N2O3. The molecule has 1 aliphatic heterocycles. The number of methoxy groups -OCH3 is 1. The number of hydrogen-bond donors (Lipinski definition) is 1. The van der Waals surface area contributed by atoms with Gasteiger partial charge >= 0.3 is 0 Å². The summed E-state index contributed by atoms with van der Waals surface area (Å²) in [6, 6.07) is 7.29. The smallest absolute Gasteiger partial charge is 0.254 e. The molecule has 1 N–H and O–H groups in total. The van der Waals surface area contributed by atoms with Crippen LogP contribution in [0.2, 0.25) is 0 Å². The Morgan fingerprint density at radius 3 is 3.06 bits per heavy atom. The molecule has 5 heteroatoms. The van der Waals surface area contributed by atoms with Crippen molar-refractivity contribution in [3.63, 3.8) is 0 Å². The Balaban J connectivity index is 2.12. The summed E-state index contributed by atoms with van der Waals surface area (Å²) in [6.45, 7) is 1.68. The lowest BCUT2D eigenvalue weighted by molar-refractivity contribution is -0.123. The van der Waals surface area contributed by atoms with Crippen molar-refractivity contribution in [3.8, 4) is 0 Å². The van der Waals surface area contributed by atoms with Gasteiger partial charge in [-0.3, -0.25) is 9.59 Å². The van der Waals surface area contributed by atoms with Gasteiger partial charge in [0.15, 0.2) is 0 Å². The molecule has 0 bridgehead atoms. The van der Waals surface area contributed by atoms with E-state index in [4.69, 9.17) is 4.74 Å². The van der Waals surface area contributed by atoms with E-state index in [0.29, 0.717) is 25.3 Å². The van der Waals surface area contributed by atoms with Gasteiger partial charge in [0.2, 0.25) is 5.91 Å². The third-order valence-corrected chi connectivity index (χ3v) is 2.81. The summed E-state index contributed by atoms with van der Waals surface area (Å²) < 4.78 is 5.04. The van der Waals surface area contributed by atoms with Crippen LogP contribution >= 0.6 is 0 Å². The summed E-state index contributed by atoms with van der Waals surface area (Å²) in [6.07, 6.45) is 0. The molecule has 0 radical (unpaired) electrons. The molecule has 1 aromatic rings. The predicted molar refractivity (Wildman–Crippen MR) is 66.1 cm³/mol. The van der Waals surface area contributed by atoms with Crippen LogP contribution in [0.15, 0.2) is 24.3 Å². The van der Waals surface area contributed by atoms with Crippen LogP contribution < -0.4 is 5.32 Å². The second-order valence-electron chi connectivity index (χ2n) is 4.21. The van der Waals surface area contributed by atoms with Crippen LogP contribution in [0.1, 0.15) is 15.9 Å². The zero-order chi connectivity index (χ0) is 13.0. The van der Waals surface area contributed by atoms with E-state index in [0.717, 1.165) is 5.56 Å². The van der Waals surface area contributed by atoms with Crippen molar-refractivity contribution in [1.29, 1.82) is 0 Å². The van der Waals surface area contributed by atoms with Gasteiger partial charge in [0, 0.05) is 25.8 Å². The molecule has 0 saturated carbocycles. The Bertz CT molecular complexity index is 459. The summed E-state index contributed by atoms with van der Waals surface area (Å²) in [5.41, 5.74) is 1.55. The van der Waals surface area contributed by atoms with Gasteiger partial charge < -0.3 is 15.0 Å². The van der Waals surface area contributed by atoms with Crippen LogP contribution in [0.3, 0.4) is 0 Å². The maximum Gasteiger partial charge on any atom is 0.254 e. The number of hydrogen-bond acceptors (Lipinski definition) is 3. The zero-order valence-electron chi connectivity index (χ0n) is 10.3. The minimum atomic E-state index is -0.109. The molecule has 1 aliphatic rings. The zero-order valence-corrected chi connectivity index (χ0v) is 10.3. The number of rotatable bonds is 3. The standard InChI is InChI=1S/C13H16N2O3/c1-18-9-10-3-2-4-11(7-10)13(17)15-6-5-14-12(16)8-15/h2-4,7H,5-6,8-9H2,1H3,(H,14,16). The number of amides is 2. The lowest BCUT2D eigenvalue weighted by Crippen LogP contribution is -2.49. The average Bonchev–Trinajstić information content (AvgIpc) is 2.39. The van der Waals surface area contributed by atoms with Crippen LogP contribution in [0, 0.1) is 0 Å². The van der Waals surface area contributed by atoms with Crippen molar-refractivity contribution in [2.45, 2.75) is 6.61 Å². The second kappa shape index (κ2) is 5.64. The number of benzene rings is 1. The second-order valence-corrected chi connectivity index (χ2v) is 4.21. The number of carbonyl (C=O) groups is 2. The monoisotopic (exact) mass is 248 g/mol. The lowest BCUT2D eigenvalue weighted by Gasteiger charge is -2.26. The van der Waals surface area contributed by atoms with E-state index in [2.05, 4.69) is 5.32 Å². The van der Waals surface area contributed by atoms with Crippen molar-refractivity contribution in [2.24, 2.45) is 0 Å². The van der Waals surface area contributed by atoms with Crippen LogP contribution in [0.4, 0.5) is 0 Å². The largest absolute Gasteiger partial charge is 0.380 e. The minimum Gasteiger partial charge on any atom is -0.380 e. The van der Waals surface area contributed by atoms with E-state index < -0.39 is 0 Å². The molecule has 1 fully saturated rings. The summed E-state index contributed by atoms with van der Waals surface area (Å²) in [7, 11) is 1.61. The highest BCUT2D eigenvalue weighted by Crippen LogP contribution is 2.10. The molecule has 0 spiro atoms. The fourth-order valence-electron chi connectivity index (χ4n) is 1.96. The number of piperazine rings is 1. The van der Waals surface area contributed by atoms with Crippen LogP contribution in [0.25, 0.3) is 0 Å². The van der Waals surface area contributed by atoms with Gasteiger partial charge in [0.1, 0.15) is 0 Å². The van der Waals surface area contributed by atoms with E-state index in [1.54, 1.807) is 24.1 Å². The predicted octanol–water partition coefficient (Wildman–Crippen LogP) is 0.405. The van der Waals surface area contributed by atoms with Gasteiger partial charge in [-0.15, -0.1) is 0 Å². The summed E-state index contributed by atoms with van der Waals surface area (Å²) in [4.78, 5) is 25.0. The highest BCUT2D eigenvalue weighted by atomic mass is 16.5. The van der Waals surface area contributed by atoms with Crippen LogP contribution in [-0.4, -0.2) is 43.5 Å². The number of nitrogens with one attached hydrogen (secondary N) is 1. The quantitative estimate of drug-likeness (QED) is 0.842. The van der Waals surface area contributed by atoms with E-state index >= 15 is 0 Å². The van der Waals surface area contributed by atoms with Crippen molar-refractivity contribution in [1.82, 2.24) is 10.2 Å². The highest BCUT2D eigenvalue weighted by molar-refractivity contribution is 5.97. The first-order chi connectivity index (χ1) is 8.70. The Hall–Kier alpha value is -1.88. The fourth-order valence-corrected chi connectivity index (χ4v) is 1.96. The first-order valence-electron chi connectivity index (χ1n) is 5.84. The summed E-state index contributed by atoms with van der Waals surface area (Å²) in [5.74, 6) is -0.217. The third kappa shape index (κ3) is 2.87. The molecule has 0 aromatic heterocycles. The Kier molecular flexibility index (Phi) is 3.94.